The van der Waals surface area contributed by atoms with Crippen molar-refractivity contribution in [3.8, 4) is 5.75 Å². The molecule has 2 aromatic carbocycles. The van der Waals surface area contributed by atoms with Gasteiger partial charge >= 0.3 is 5.97 Å². The van der Waals surface area contributed by atoms with Gasteiger partial charge in [0.05, 0.1) is 19.2 Å². The molecule has 0 bridgehead atoms. The van der Waals surface area contributed by atoms with Crippen LogP contribution in [0.25, 0.3) is 17.0 Å². The molecule has 0 amide bonds. The Kier molecular flexibility index (Phi) is 7.38. The van der Waals surface area contributed by atoms with Crippen molar-refractivity contribution in [2.24, 2.45) is 0 Å². The van der Waals surface area contributed by atoms with Crippen molar-refractivity contribution in [1.29, 1.82) is 0 Å². The van der Waals surface area contributed by atoms with E-state index in [9.17, 15) is 4.79 Å². The van der Waals surface area contributed by atoms with Gasteiger partial charge in [0.1, 0.15) is 11.6 Å². The fraction of sp³-hybridized carbons (Fsp3) is 0.292. The second kappa shape index (κ2) is 10.4. The van der Waals surface area contributed by atoms with Crippen LogP contribution in [0.1, 0.15) is 32.0 Å². The number of rotatable bonds is 9. The van der Waals surface area contributed by atoms with Crippen molar-refractivity contribution in [3.63, 3.8) is 0 Å². The molecule has 6 nitrogen and oxygen atoms in total. The van der Waals surface area contributed by atoms with E-state index >= 15 is 0 Å². The quantitative estimate of drug-likeness (QED) is 0.362. The molecule has 0 aliphatic rings. The Hall–Kier alpha value is -3.41. The summed E-state index contributed by atoms with van der Waals surface area (Å²) in [5, 5.41) is 0.982. The average molecular weight is 405 g/mol. The topological polar surface area (TPSA) is 64.5 Å². The first-order valence-corrected chi connectivity index (χ1v) is 10.1. The van der Waals surface area contributed by atoms with Crippen LogP contribution in [0, 0.1) is 0 Å². The monoisotopic (exact) mass is 405 g/mol. The van der Waals surface area contributed by atoms with Crippen molar-refractivity contribution < 1.29 is 14.3 Å². The van der Waals surface area contributed by atoms with Gasteiger partial charge in [0, 0.05) is 24.5 Å². The predicted octanol–water partition coefficient (Wildman–Crippen LogP) is 5.15. The summed E-state index contributed by atoms with van der Waals surface area (Å²) in [6, 6.07) is 15.8. The smallest absolute Gasteiger partial charge is 0.305 e. The van der Waals surface area contributed by atoms with Crippen LogP contribution < -0.4 is 9.64 Å². The van der Waals surface area contributed by atoms with Crippen LogP contribution in [-0.2, 0) is 9.53 Å². The summed E-state index contributed by atoms with van der Waals surface area (Å²) in [5.41, 5.74) is 1.89. The molecule has 156 valence electrons. The standard InChI is InChI=1S/C24H27N3O3/c1-4-30-23(28)13-7-5-6-12-22-25-21-11-9-8-10-20(21)24(26-22)27(2)18-14-16-19(29-3)17-15-18/h6,8-12,14-17H,4-5,7,13H2,1-3H3. The Morgan fingerprint density at radius 1 is 1.10 bits per heavy atom. The van der Waals surface area contributed by atoms with Gasteiger partial charge in [-0.25, -0.2) is 9.97 Å². The van der Waals surface area contributed by atoms with E-state index in [-0.39, 0.29) is 5.97 Å². The number of methoxy groups -OCH3 is 1. The highest BCUT2D eigenvalue weighted by molar-refractivity contribution is 5.92. The van der Waals surface area contributed by atoms with Gasteiger partial charge in [0.25, 0.3) is 0 Å². The van der Waals surface area contributed by atoms with Crippen LogP contribution in [0.3, 0.4) is 0 Å². The molecule has 0 aliphatic heterocycles. The van der Waals surface area contributed by atoms with E-state index in [1.165, 1.54) is 0 Å². The number of nitrogens with zero attached hydrogens (tertiary/aromatic N) is 3. The summed E-state index contributed by atoms with van der Waals surface area (Å²) in [4.78, 5) is 22.9. The van der Waals surface area contributed by atoms with Gasteiger partial charge in [-0.2, -0.15) is 0 Å². The summed E-state index contributed by atoms with van der Waals surface area (Å²) in [5.74, 6) is 2.12. The zero-order chi connectivity index (χ0) is 21.3. The van der Waals surface area contributed by atoms with Crippen molar-refractivity contribution in [1.82, 2.24) is 9.97 Å². The number of hydrogen-bond acceptors (Lipinski definition) is 6. The maximum absolute atomic E-state index is 11.4. The minimum Gasteiger partial charge on any atom is -0.497 e. The van der Waals surface area contributed by atoms with E-state index in [1.54, 1.807) is 7.11 Å². The lowest BCUT2D eigenvalue weighted by Crippen LogP contribution is -2.13. The third-order valence-electron chi connectivity index (χ3n) is 4.70. The molecule has 3 aromatic rings. The Balaban J connectivity index is 1.81. The molecule has 0 aliphatic carbocycles. The lowest BCUT2D eigenvalue weighted by atomic mass is 10.2. The van der Waals surface area contributed by atoms with Gasteiger partial charge in [0.2, 0.25) is 0 Å². The Bertz CT molecular complexity index is 1020. The molecule has 0 saturated heterocycles. The number of aromatic nitrogens is 2. The third kappa shape index (κ3) is 5.35. The molecule has 1 aromatic heterocycles. The molecule has 0 spiro atoms. The molecular formula is C24H27N3O3. The summed E-state index contributed by atoms with van der Waals surface area (Å²) in [6.07, 6.45) is 5.83. The van der Waals surface area contributed by atoms with E-state index in [1.807, 2.05) is 79.6 Å². The first-order valence-electron chi connectivity index (χ1n) is 10.1. The Labute approximate surface area is 177 Å². The van der Waals surface area contributed by atoms with Crippen LogP contribution in [0.15, 0.2) is 54.6 Å². The molecule has 30 heavy (non-hydrogen) atoms. The zero-order valence-corrected chi connectivity index (χ0v) is 17.7. The molecule has 0 fully saturated rings. The zero-order valence-electron chi connectivity index (χ0n) is 17.7. The molecule has 1 heterocycles. The van der Waals surface area contributed by atoms with Crippen molar-refractivity contribution >= 4 is 34.5 Å². The maximum Gasteiger partial charge on any atom is 0.305 e. The molecule has 0 saturated carbocycles. The van der Waals surface area contributed by atoms with E-state index in [0.717, 1.165) is 41.0 Å². The van der Waals surface area contributed by atoms with Gasteiger partial charge in [-0.15, -0.1) is 0 Å². The van der Waals surface area contributed by atoms with Crippen LogP contribution in [0.4, 0.5) is 11.5 Å². The number of unbranched alkanes of at least 4 members (excludes halogenated alkanes) is 1. The number of para-hydroxylation sites is 1. The molecule has 3 rings (SSSR count). The fourth-order valence-electron chi connectivity index (χ4n) is 3.12. The normalized spacial score (nSPS) is 11.0. The number of allylic oxidation sites excluding steroid dienone is 1. The minimum absolute atomic E-state index is 0.156. The van der Waals surface area contributed by atoms with E-state index < -0.39 is 0 Å². The second-order valence-corrected chi connectivity index (χ2v) is 6.78. The number of carbonyl (C=O) groups is 1. The van der Waals surface area contributed by atoms with E-state index in [2.05, 4.69) is 4.98 Å². The van der Waals surface area contributed by atoms with Crippen LogP contribution >= 0.6 is 0 Å². The number of carbonyl (C=O) groups excluding carboxylic acids is 1. The first-order chi connectivity index (χ1) is 14.6. The summed E-state index contributed by atoms with van der Waals surface area (Å²) in [6.45, 7) is 2.24. The van der Waals surface area contributed by atoms with Gasteiger partial charge in [0.15, 0.2) is 5.82 Å². The fourth-order valence-corrected chi connectivity index (χ4v) is 3.12. The van der Waals surface area contributed by atoms with Crippen molar-refractivity contribution in [2.75, 3.05) is 25.7 Å². The number of esters is 1. The van der Waals surface area contributed by atoms with Gasteiger partial charge in [-0.1, -0.05) is 18.2 Å². The highest BCUT2D eigenvalue weighted by Crippen LogP contribution is 2.30. The largest absolute Gasteiger partial charge is 0.497 e. The van der Waals surface area contributed by atoms with Crippen molar-refractivity contribution in [2.45, 2.75) is 26.2 Å². The predicted molar refractivity (Wildman–Crippen MR) is 120 cm³/mol. The molecule has 6 heteroatoms. The van der Waals surface area contributed by atoms with Gasteiger partial charge in [-0.05, 0) is 62.2 Å². The Morgan fingerprint density at radius 2 is 1.87 bits per heavy atom. The SMILES string of the molecule is CCOC(=O)CCCC=Cc1nc(N(C)c2ccc(OC)cc2)c2ccccc2n1. The van der Waals surface area contributed by atoms with Crippen LogP contribution in [-0.4, -0.2) is 36.7 Å². The summed E-state index contributed by atoms with van der Waals surface area (Å²) >= 11 is 0. The van der Waals surface area contributed by atoms with Crippen LogP contribution in [0.2, 0.25) is 0 Å². The highest BCUT2D eigenvalue weighted by Gasteiger charge is 2.12. The lowest BCUT2D eigenvalue weighted by Gasteiger charge is -2.20. The maximum atomic E-state index is 11.4. The number of anilines is 2. The van der Waals surface area contributed by atoms with Gasteiger partial charge in [-0.3, -0.25) is 4.79 Å². The summed E-state index contributed by atoms with van der Waals surface area (Å²) in [7, 11) is 3.64. The van der Waals surface area contributed by atoms with E-state index in [4.69, 9.17) is 14.5 Å². The Morgan fingerprint density at radius 3 is 2.60 bits per heavy atom. The van der Waals surface area contributed by atoms with Gasteiger partial charge < -0.3 is 14.4 Å². The average Bonchev–Trinajstić information content (AvgIpc) is 2.78. The van der Waals surface area contributed by atoms with E-state index in [0.29, 0.717) is 18.9 Å². The highest BCUT2D eigenvalue weighted by atomic mass is 16.5. The molecule has 0 unspecified atom stereocenters. The number of ether oxygens (including phenoxy) is 2. The third-order valence-corrected chi connectivity index (χ3v) is 4.70. The first kappa shape index (κ1) is 21.3. The minimum atomic E-state index is -0.156. The second-order valence-electron chi connectivity index (χ2n) is 6.78. The number of hydrogen-bond donors (Lipinski definition) is 0. The molecule has 0 N–H and O–H groups in total. The van der Waals surface area contributed by atoms with Crippen molar-refractivity contribution in [3.05, 3.63) is 60.4 Å². The lowest BCUT2D eigenvalue weighted by molar-refractivity contribution is -0.143. The number of fused-ring (bicyclic) bond motifs is 1. The number of benzene rings is 2. The molecule has 0 radical (unpaired) electrons. The summed E-state index contributed by atoms with van der Waals surface area (Å²) < 4.78 is 10.2. The molecular weight excluding hydrogens is 378 g/mol. The molecule has 0 atom stereocenters. The van der Waals surface area contributed by atoms with Crippen LogP contribution in [0.5, 0.6) is 5.75 Å².